The molecule has 6 nitrogen and oxygen atoms in total. The van der Waals surface area contributed by atoms with Crippen LogP contribution in [0.1, 0.15) is 11.1 Å². The van der Waals surface area contributed by atoms with Crippen LogP contribution in [0.25, 0.3) is 0 Å². The number of halogens is 1. The summed E-state index contributed by atoms with van der Waals surface area (Å²) in [4.78, 5) is 12.2. The van der Waals surface area contributed by atoms with E-state index in [1.807, 2.05) is 18.2 Å². The van der Waals surface area contributed by atoms with Gasteiger partial charge in [0.05, 0.1) is 19.9 Å². The van der Waals surface area contributed by atoms with Gasteiger partial charge in [0, 0.05) is 18.7 Å². The van der Waals surface area contributed by atoms with Crippen molar-refractivity contribution in [3.63, 3.8) is 0 Å². The highest BCUT2D eigenvalue weighted by atomic mass is 32.2. The molecule has 0 aromatic heterocycles. The van der Waals surface area contributed by atoms with Crippen LogP contribution in [0.4, 0.5) is 4.39 Å². The Kier molecular flexibility index (Phi) is 7.32. The van der Waals surface area contributed by atoms with Crippen molar-refractivity contribution in [1.82, 2.24) is 9.62 Å². The van der Waals surface area contributed by atoms with Gasteiger partial charge in [-0.3, -0.25) is 4.79 Å². The van der Waals surface area contributed by atoms with Gasteiger partial charge in [0.1, 0.15) is 11.6 Å². The van der Waals surface area contributed by atoms with Crippen molar-refractivity contribution in [2.24, 2.45) is 0 Å². The number of nitrogens with one attached hydrogen (secondary N) is 1. The van der Waals surface area contributed by atoms with E-state index in [4.69, 9.17) is 4.74 Å². The van der Waals surface area contributed by atoms with E-state index in [1.165, 1.54) is 6.07 Å². The van der Waals surface area contributed by atoms with Crippen molar-refractivity contribution in [3.8, 4) is 5.75 Å². The maximum absolute atomic E-state index is 13.6. The molecule has 0 saturated carbocycles. The van der Waals surface area contributed by atoms with Crippen LogP contribution in [-0.4, -0.2) is 45.1 Å². The fourth-order valence-electron chi connectivity index (χ4n) is 2.57. The minimum absolute atomic E-state index is 0.00435. The van der Waals surface area contributed by atoms with E-state index in [1.54, 1.807) is 31.4 Å². The number of ether oxygens (including phenoxy) is 1. The number of nitrogens with zero attached hydrogens (tertiary/aromatic N) is 1. The molecule has 0 saturated heterocycles. The van der Waals surface area contributed by atoms with Gasteiger partial charge >= 0.3 is 0 Å². The number of para-hydroxylation sites is 1. The molecule has 0 fully saturated rings. The first-order valence-electron chi connectivity index (χ1n) is 8.38. The monoisotopic (exact) mass is 394 g/mol. The van der Waals surface area contributed by atoms with Crippen LogP contribution in [0, 0.1) is 5.82 Å². The van der Waals surface area contributed by atoms with E-state index in [0.29, 0.717) is 17.7 Å². The highest BCUT2D eigenvalue weighted by Gasteiger charge is 2.20. The lowest BCUT2D eigenvalue weighted by Gasteiger charge is -2.20. The van der Waals surface area contributed by atoms with Crippen LogP contribution in [0.3, 0.4) is 0 Å². The van der Waals surface area contributed by atoms with Gasteiger partial charge in [0.25, 0.3) is 0 Å². The average molecular weight is 394 g/mol. The summed E-state index contributed by atoms with van der Waals surface area (Å²) in [6.07, 6.45) is 1.46. The van der Waals surface area contributed by atoms with Crippen LogP contribution in [0.5, 0.6) is 5.75 Å². The van der Waals surface area contributed by atoms with Crippen LogP contribution in [-0.2, 0) is 27.8 Å². The van der Waals surface area contributed by atoms with E-state index in [0.717, 1.165) is 16.1 Å². The predicted octanol–water partition coefficient (Wildman–Crippen LogP) is 1.95. The van der Waals surface area contributed by atoms with Crippen molar-refractivity contribution >= 4 is 15.9 Å². The second kappa shape index (κ2) is 9.48. The molecule has 0 aliphatic heterocycles. The van der Waals surface area contributed by atoms with Gasteiger partial charge in [0.2, 0.25) is 15.9 Å². The van der Waals surface area contributed by atoms with Gasteiger partial charge < -0.3 is 10.1 Å². The molecule has 8 heteroatoms. The van der Waals surface area contributed by atoms with E-state index < -0.39 is 21.7 Å². The zero-order valence-electron chi connectivity index (χ0n) is 15.3. The number of benzene rings is 2. The average Bonchev–Trinajstić information content (AvgIpc) is 2.63. The zero-order chi connectivity index (χ0) is 19.9. The number of methoxy groups -OCH3 is 1. The largest absolute Gasteiger partial charge is 0.496 e. The van der Waals surface area contributed by atoms with E-state index in [-0.39, 0.29) is 19.6 Å². The maximum Gasteiger partial charge on any atom is 0.235 e. The van der Waals surface area contributed by atoms with E-state index in [9.17, 15) is 17.6 Å². The third-order valence-electron chi connectivity index (χ3n) is 4.05. The second-order valence-corrected chi connectivity index (χ2v) is 8.01. The van der Waals surface area contributed by atoms with Crippen LogP contribution in [0.2, 0.25) is 0 Å². The Morgan fingerprint density at radius 3 is 2.37 bits per heavy atom. The van der Waals surface area contributed by atoms with Crippen LogP contribution < -0.4 is 10.1 Å². The normalized spacial score (nSPS) is 11.4. The summed E-state index contributed by atoms with van der Waals surface area (Å²) >= 11 is 0. The highest BCUT2D eigenvalue weighted by molar-refractivity contribution is 7.88. The summed E-state index contributed by atoms with van der Waals surface area (Å²) in [6, 6.07) is 13.4. The topological polar surface area (TPSA) is 75.7 Å². The van der Waals surface area contributed by atoms with Gasteiger partial charge in [-0.2, -0.15) is 4.31 Å². The Labute approximate surface area is 159 Å². The molecule has 1 amide bonds. The molecule has 27 heavy (non-hydrogen) atoms. The van der Waals surface area contributed by atoms with Gasteiger partial charge in [-0.15, -0.1) is 0 Å². The van der Waals surface area contributed by atoms with E-state index >= 15 is 0 Å². The number of rotatable bonds is 9. The third kappa shape index (κ3) is 6.33. The Balaban J connectivity index is 1.98. The molecule has 0 radical (unpaired) electrons. The number of carbonyl (C=O) groups excluding carboxylic acids is 1. The Morgan fingerprint density at radius 2 is 1.74 bits per heavy atom. The standard InChI is InChI=1S/C19H23FN2O4S/c1-26-18-10-6-4-7-15(18)11-12-22(27(2,24)25)14-19(23)21-13-16-8-3-5-9-17(16)20/h3-10H,11-14H2,1-2H3,(H,21,23). The van der Waals surface area contributed by atoms with Crippen LogP contribution in [0.15, 0.2) is 48.5 Å². The first kappa shape index (κ1) is 20.9. The lowest BCUT2D eigenvalue weighted by molar-refractivity contribution is -0.121. The summed E-state index contributed by atoms with van der Waals surface area (Å²) in [5, 5.41) is 2.55. The molecule has 0 bridgehead atoms. The molecular formula is C19H23FN2O4S. The summed E-state index contributed by atoms with van der Waals surface area (Å²) in [5.41, 5.74) is 1.19. The molecule has 146 valence electrons. The summed E-state index contributed by atoms with van der Waals surface area (Å²) in [5.74, 6) is -0.257. The number of hydrogen-bond acceptors (Lipinski definition) is 4. The Hall–Kier alpha value is -2.45. The second-order valence-electron chi connectivity index (χ2n) is 6.03. The van der Waals surface area contributed by atoms with Crippen molar-refractivity contribution in [2.75, 3.05) is 26.5 Å². The molecule has 2 aromatic carbocycles. The molecule has 0 atom stereocenters. The fraction of sp³-hybridized carbons (Fsp3) is 0.316. The lowest BCUT2D eigenvalue weighted by Crippen LogP contribution is -2.41. The number of sulfonamides is 1. The molecule has 0 aliphatic carbocycles. The zero-order valence-corrected chi connectivity index (χ0v) is 16.1. The summed E-state index contributed by atoms with van der Waals surface area (Å²) in [6.45, 7) is -0.204. The van der Waals surface area contributed by atoms with Crippen molar-refractivity contribution in [3.05, 3.63) is 65.5 Å². The smallest absolute Gasteiger partial charge is 0.235 e. The maximum atomic E-state index is 13.6. The first-order chi connectivity index (χ1) is 12.8. The van der Waals surface area contributed by atoms with Gasteiger partial charge in [-0.05, 0) is 24.1 Å². The molecular weight excluding hydrogens is 371 g/mol. The van der Waals surface area contributed by atoms with Gasteiger partial charge in [-0.1, -0.05) is 36.4 Å². The molecule has 0 aliphatic rings. The minimum atomic E-state index is -3.58. The molecule has 0 heterocycles. The molecule has 1 N–H and O–H groups in total. The van der Waals surface area contributed by atoms with Crippen molar-refractivity contribution in [1.29, 1.82) is 0 Å². The van der Waals surface area contributed by atoms with Gasteiger partial charge in [0.15, 0.2) is 0 Å². The lowest BCUT2D eigenvalue weighted by atomic mass is 10.1. The van der Waals surface area contributed by atoms with E-state index in [2.05, 4.69) is 5.32 Å². The molecule has 2 aromatic rings. The predicted molar refractivity (Wildman–Crippen MR) is 101 cm³/mol. The molecule has 0 unspecified atom stereocenters. The fourth-order valence-corrected chi connectivity index (χ4v) is 3.34. The summed E-state index contributed by atoms with van der Waals surface area (Å²) < 4.78 is 44.0. The Bertz CT molecular complexity index is 887. The minimum Gasteiger partial charge on any atom is -0.496 e. The summed E-state index contributed by atoms with van der Waals surface area (Å²) in [7, 11) is -2.04. The number of carbonyl (C=O) groups is 1. The highest BCUT2D eigenvalue weighted by Crippen LogP contribution is 2.18. The van der Waals surface area contributed by atoms with Crippen molar-refractivity contribution < 1.29 is 22.3 Å². The number of hydrogen-bond donors (Lipinski definition) is 1. The molecule has 0 spiro atoms. The van der Waals surface area contributed by atoms with Crippen molar-refractivity contribution in [2.45, 2.75) is 13.0 Å². The number of amides is 1. The van der Waals surface area contributed by atoms with Gasteiger partial charge in [-0.25, -0.2) is 12.8 Å². The Morgan fingerprint density at radius 1 is 1.11 bits per heavy atom. The molecule has 2 rings (SSSR count). The van der Waals surface area contributed by atoms with Crippen LogP contribution >= 0.6 is 0 Å². The SMILES string of the molecule is COc1ccccc1CCN(CC(=O)NCc1ccccc1F)S(C)(=O)=O. The quantitative estimate of drug-likeness (QED) is 0.705. The first-order valence-corrected chi connectivity index (χ1v) is 10.2. The third-order valence-corrected chi connectivity index (χ3v) is 5.30.